The van der Waals surface area contributed by atoms with E-state index in [0.717, 1.165) is 12.0 Å². The van der Waals surface area contributed by atoms with Crippen LogP contribution in [-0.2, 0) is 11.2 Å². The first-order valence-electron chi connectivity index (χ1n) is 8.14. The van der Waals surface area contributed by atoms with E-state index in [9.17, 15) is 9.59 Å². The molecule has 2 amide bonds. The molecule has 0 fully saturated rings. The maximum absolute atomic E-state index is 12.2. The third-order valence-electron chi connectivity index (χ3n) is 3.57. The smallest absolute Gasteiger partial charge is 0.262 e. The van der Waals surface area contributed by atoms with Crippen LogP contribution in [0.25, 0.3) is 0 Å². The van der Waals surface area contributed by atoms with Crippen LogP contribution in [0, 0.1) is 0 Å². The molecule has 0 atom stereocenters. The Balaban J connectivity index is 2.01. The van der Waals surface area contributed by atoms with Gasteiger partial charge in [0.2, 0.25) is 0 Å². The Bertz CT molecular complexity index is 756. The predicted molar refractivity (Wildman–Crippen MR) is 98.9 cm³/mol. The van der Waals surface area contributed by atoms with Crippen molar-refractivity contribution >= 4 is 17.5 Å². The summed E-state index contributed by atoms with van der Waals surface area (Å²) in [6.07, 6.45) is 2.42. The van der Waals surface area contributed by atoms with Crippen LogP contribution in [-0.4, -0.2) is 25.0 Å². The van der Waals surface area contributed by atoms with Gasteiger partial charge in [0.05, 0.1) is 11.3 Å². The molecule has 2 rings (SSSR count). The fourth-order valence-electron chi connectivity index (χ4n) is 2.32. The molecule has 130 valence electrons. The molecule has 5 heteroatoms. The second kappa shape index (κ2) is 9.27. The van der Waals surface area contributed by atoms with E-state index < -0.39 is 0 Å². The second-order valence-corrected chi connectivity index (χ2v) is 5.34. The van der Waals surface area contributed by atoms with Crippen molar-refractivity contribution in [1.82, 2.24) is 5.32 Å². The first-order valence-corrected chi connectivity index (χ1v) is 8.14. The van der Waals surface area contributed by atoms with Crippen LogP contribution < -0.4 is 15.4 Å². The molecule has 0 radical (unpaired) electrons. The quantitative estimate of drug-likeness (QED) is 0.727. The predicted octanol–water partition coefficient (Wildman–Crippen LogP) is 3.18. The Hall–Kier alpha value is -3.08. The van der Waals surface area contributed by atoms with Crippen LogP contribution >= 0.6 is 0 Å². The number of ether oxygens (including phenoxy) is 1. The summed E-state index contributed by atoms with van der Waals surface area (Å²) in [5, 5.41) is 5.42. The molecule has 0 heterocycles. The van der Waals surface area contributed by atoms with Crippen molar-refractivity contribution in [1.29, 1.82) is 0 Å². The van der Waals surface area contributed by atoms with Gasteiger partial charge in [-0.2, -0.15) is 0 Å². The molecule has 0 unspecified atom stereocenters. The molecule has 0 aliphatic carbocycles. The van der Waals surface area contributed by atoms with Crippen molar-refractivity contribution in [2.45, 2.75) is 13.3 Å². The molecule has 0 aliphatic rings. The molecular formula is C20H22N2O3. The number of aryl methyl sites for hydroxylation is 1. The van der Waals surface area contributed by atoms with Gasteiger partial charge in [-0.25, -0.2) is 0 Å². The minimum absolute atomic E-state index is 0.125. The summed E-state index contributed by atoms with van der Waals surface area (Å²) in [6.45, 7) is 5.83. The summed E-state index contributed by atoms with van der Waals surface area (Å²) >= 11 is 0. The third-order valence-corrected chi connectivity index (χ3v) is 3.57. The number of carbonyl (C=O) groups is 2. The van der Waals surface area contributed by atoms with Gasteiger partial charge in [-0.1, -0.05) is 43.3 Å². The maximum Gasteiger partial charge on any atom is 0.262 e. The number of anilines is 1. The number of hydrogen-bond donors (Lipinski definition) is 2. The first-order chi connectivity index (χ1) is 12.2. The van der Waals surface area contributed by atoms with Gasteiger partial charge in [-0.15, -0.1) is 6.58 Å². The van der Waals surface area contributed by atoms with E-state index in [1.807, 2.05) is 31.2 Å². The van der Waals surface area contributed by atoms with Crippen LogP contribution in [0.15, 0.2) is 61.2 Å². The largest absolute Gasteiger partial charge is 0.483 e. The van der Waals surface area contributed by atoms with Crippen LogP contribution in [0.1, 0.15) is 22.8 Å². The molecule has 2 aromatic rings. The standard InChI is InChI=1S/C20H22N2O3/c1-3-13-21-20(24)16-10-6-7-11-17(16)22-19(23)14-25-18-12-8-5-9-15(18)4-2/h3,5-12H,1,4,13-14H2,2H3,(H,21,24)(H,22,23). The number of carbonyl (C=O) groups excluding carboxylic acids is 2. The lowest BCUT2D eigenvalue weighted by molar-refractivity contribution is -0.118. The van der Waals surface area contributed by atoms with Crippen LogP contribution in [0.4, 0.5) is 5.69 Å². The third kappa shape index (κ3) is 5.21. The van der Waals surface area contributed by atoms with Gasteiger partial charge in [0.25, 0.3) is 11.8 Å². The topological polar surface area (TPSA) is 67.4 Å². The van der Waals surface area contributed by atoms with E-state index in [-0.39, 0.29) is 18.4 Å². The highest BCUT2D eigenvalue weighted by Gasteiger charge is 2.13. The lowest BCUT2D eigenvalue weighted by Crippen LogP contribution is -2.26. The van der Waals surface area contributed by atoms with E-state index in [0.29, 0.717) is 23.5 Å². The number of benzene rings is 2. The van der Waals surface area contributed by atoms with Crippen molar-refractivity contribution in [3.8, 4) is 5.75 Å². The van der Waals surface area contributed by atoms with Gasteiger partial charge in [0, 0.05) is 6.54 Å². The summed E-state index contributed by atoms with van der Waals surface area (Å²) in [7, 11) is 0. The zero-order chi connectivity index (χ0) is 18.1. The summed E-state index contributed by atoms with van der Waals surface area (Å²) in [5.74, 6) is 0.0973. The van der Waals surface area contributed by atoms with Crippen LogP contribution in [0.5, 0.6) is 5.75 Å². The Morgan fingerprint density at radius 3 is 2.60 bits per heavy atom. The van der Waals surface area contributed by atoms with Gasteiger partial charge in [-0.05, 0) is 30.2 Å². The van der Waals surface area contributed by atoms with Gasteiger partial charge >= 0.3 is 0 Å². The summed E-state index contributed by atoms with van der Waals surface area (Å²) < 4.78 is 5.60. The number of amides is 2. The molecule has 25 heavy (non-hydrogen) atoms. The molecule has 2 N–H and O–H groups in total. The fourth-order valence-corrected chi connectivity index (χ4v) is 2.32. The number of rotatable bonds is 8. The van der Waals surface area contributed by atoms with E-state index >= 15 is 0 Å². The molecule has 5 nitrogen and oxygen atoms in total. The number of nitrogens with one attached hydrogen (secondary N) is 2. The van der Waals surface area contributed by atoms with Gasteiger partial charge in [0.15, 0.2) is 6.61 Å². The highest BCUT2D eigenvalue weighted by molar-refractivity contribution is 6.04. The monoisotopic (exact) mass is 338 g/mol. The zero-order valence-corrected chi connectivity index (χ0v) is 14.2. The lowest BCUT2D eigenvalue weighted by Gasteiger charge is -2.12. The Morgan fingerprint density at radius 1 is 1.12 bits per heavy atom. The minimum atomic E-state index is -0.324. The van der Waals surface area contributed by atoms with E-state index in [1.165, 1.54) is 0 Å². The van der Waals surface area contributed by atoms with E-state index in [4.69, 9.17) is 4.74 Å². The number of hydrogen-bond acceptors (Lipinski definition) is 3. The second-order valence-electron chi connectivity index (χ2n) is 5.34. The molecule has 0 bridgehead atoms. The Labute approximate surface area is 147 Å². The fraction of sp³-hybridized carbons (Fsp3) is 0.200. The van der Waals surface area contributed by atoms with Gasteiger partial charge in [0.1, 0.15) is 5.75 Å². The van der Waals surface area contributed by atoms with E-state index in [1.54, 1.807) is 30.3 Å². The molecule has 0 aromatic heterocycles. The summed E-state index contributed by atoms with van der Waals surface area (Å²) in [5.41, 5.74) is 1.88. The van der Waals surface area contributed by atoms with Crippen molar-refractivity contribution < 1.29 is 14.3 Å². The highest BCUT2D eigenvalue weighted by Crippen LogP contribution is 2.19. The minimum Gasteiger partial charge on any atom is -0.483 e. The summed E-state index contributed by atoms with van der Waals surface area (Å²) in [6, 6.07) is 14.4. The highest BCUT2D eigenvalue weighted by atomic mass is 16.5. The van der Waals surface area contributed by atoms with Crippen molar-refractivity contribution in [2.24, 2.45) is 0 Å². The van der Waals surface area contributed by atoms with Crippen LogP contribution in [0.3, 0.4) is 0 Å². The van der Waals surface area contributed by atoms with Crippen molar-refractivity contribution in [2.75, 3.05) is 18.5 Å². The number of para-hydroxylation sites is 2. The SMILES string of the molecule is C=CCNC(=O)c1ccccc1NC(=O)COc1ccccc1CC. The van der Waals surface area contributed by atoms with Gasteiger partial charge in [-0.3, -0.25) is 9.59 Å². The Morgan fingerprint density at radius 2 is 1.84 bits per heavy atom. The first kappa shape index (κ1) is 18.3. The molecule has 0 spiro atoms. The lowest BCUT2D eigenvalue weighted by atomic mass is 10.1. The average Bonchev–Trinajstić information content (AvgIpc) is 2.65. The van der Waals surface area contributed by atoms with E-state index in [2.05, 4.69) is 17.2 Å². The maximum atomic E-state index is 12.2. The molecule has 0 aliphatic heterocycles. The van der Waals surface area contributed by atoms with Crippen molar-refractivity contribution in [3.05, 3.63) is 72.3 Å². The van der Waals surface area contributed by atoms with Crippen molar-refractivity contribution in [3.63, 3.8) is 0 Å². The van der Waals surface area contributed by atoms with Crippen LogP contribution in [0.2, 0.25) is 0 Å². The zero-order valence-electron chi connectivity index (χ0n) is 14.2. The Kier molecular flexibility index (Phi) is 6.77. The molecule has 0 saturated carbocycles. The summed E-state index contributed by atoms with van der Waals surface area (Å²) in [4.78, 5) is 24.3. The van der Waals surface area contributed by atoms with Gasteiger partial charge < -0.3 is 15.4 Å². The average molecular weight is 338 g/mol. The molecule has 2 aromatic carbocycles. The molecular weight excluding hydrogens is 316 g/mol. The normalized spacial score (nSPS) is 9.96. The molecule has 0 saturated heterocycles.